The van der Waals surface area contributed by atoms with E-state index in [9.17, 15) is 14.7 Å². The lowest BCUT2D eigenvalue weighted by atomic mass is 10.00. The number of methoxy groups -OCH3 is 1. The normalized spacial score (nSPS) is 11.8. The molecule has 0 bridgehead atoms. The molecule has 182 valence electrons. The fraction of sp³-hybridized carbons (Fsp3) is 0.692. The van der Waals surface area contributed by atoms with Gasteiger partial charge in [-0.2, -0.15) is 0 Å². The minimum absolute atomic E-state index is 0.00372. The molecule has 1 atom stereocenters. The van der Waals surface area contributed by atoms with Gasteiger partial charge >= 0.3 is 11.9 Å². The number of benzene rings is 1. The van der Waals surface area contributed by atoms with Gasteiger partial charge in [-0.05, 0) is 18.9 Å². The van der Waals surface area contributed by atoms with E-state index < -0.39 is 5.97 Å². The number of hydrogen-bond acceptors (Lipinski definition) is 6. The number of esters is 2. The Morgan fingerprint density at radius 1 is 0.875 bits per heavy atom. The van der Waals surface area contributed by atoms with Gasteiger partial charge in [-0.25, -0.2) is 0 Å². The van der Waals surface area contributed by atoms with Gasteiger partial charge in [0.15, 0.2) is 11.5 Å². The number of ether oxygens (including phenoxy) is 3. The first-order chi connectivity index (χ1) is 15.4. The highest BCUT2D eigenvalue weighted by Crippen LogP contribution is 2.37. The third kappa shape index (κ3) is 12.0. The Balaban J connectivity index is 2.54. The molecule has 0 aliphatic carbocycles. The molecule has 0 unspecified atom stereocenters. The predicted molar refractivity (Wildman–Crippen MR) is 126 cm³/mol. The predicted octanol–water partition coefficient (Wildman–Crippen LogP) is 6.50. The van der Waals surface area contributed by atoms with E-state index in [1.54, 1.807) is 0 Å². The first-order valence-electron chi connectivity index (χ1n) is 12.1. The number of hydrogen-bond donors (Lipinski definition) is 1. The van der Waals surface area contributed by atoms with E-state index in [1.807, 2.05) is 0 Å². The summed E-state index contributed by atoms with van der Waals surface area (Å²) in [6.45, 7) is 4.94. The maximum Gasteiger partial charge on any atom is 0.308 e. The maximum absolute atomic E-state index is 11.6. The molecule has 0 aromatic heterocycles. The van der Waals surface area contributed by atoms with Crippen molar-refractivity contribution >= 4 is 11.9 Å². The summed E-state index contributed by atoms with van der Waals surface area (Å²) in [5.74, 6) is -0.298. The Morgan fingerprint density at radius 2 is 1.44 bits per heavy atom. The monoisotopic (exact) mass is 450 g/mol. The van der Waals surface area contributed by atoms with E-state index in [0.29, 0.717) is 18.4 Å². The van der Waals surface area contributed by atoms with Gasteiger partial charge < -0.3 is 19.3 Å². The quantitative estimate of drug-likeness (QED) is 0.166. The lowest BCUT2D eigenvalue weighted by molar-refractivity contribution is -0.146. The van der Waals surface area contributed by atoms with Gasteiger partial charge in [0, 0.05) is 31.9 Å². The summed E-state index contributed by atoms with van der Waals surface area (Å²) in [5.41, 5.74) is 0.575. The van der Waals surface area contributed by atoms with Crippen molar-refractivity contribution in [1.29, 1.82) is 0 Å². The topological polar surface area (TPSA) is 82.1 Å². The number of carbonyl (C=O) groups excluding carboxylic acids is 2. The van der Waals surface area contributed by atoms with Gasteiger partial charge in [0.1, 0.15) is 11.9 Å². The fourth-order valence-corrected chi connectivity index (χ4v) is 3.93. The number of carbonyl (C=O) groups is 2. The summed E-state index contributed by atoms with van der Waals surface area (Å²) in [5, 5.41) is 10.0. The summed E-state index contributed by atoms with van der Waals surface area (Å²) in [4.78, 5) is 23.2. The zero-order chi connectivity index (χ0) is 23.8. The molecule has 6 nitrogen and oxygen atoms in total. The highest BCUT2D eigenvalue weighted by molar-refractivity contribution is 5.71. The molecule has 1 aromatic carbocycles. The highest BCUT2D eigenvalue weighted by atomic mass is 16.6. The van der Waals surface area contributed by atoms with Crippen LogP contribution in [0.5, 0.6) is 17.2 Å². The van der Waals surface area contributed by atoms with Crippen LogP contribution in [0, 0.1) is 0 Å². The van der Waals surface area contributed by atoms with Gasteiger partial charge in [-0.3, -0.25) is 9.59 Å². The van der Waals surface area contributed by atoms with E-state index >= 15 is 0 Å². The Labute approximate surface area is 193 Å². The average molecular weight is 451 g/mol. The average Bonchev–Trinajstić information content (AvgIpc) is 2.72. The summed E-state index contributed by atoms with van der Waals surface area (Å²) < 4.78 is 16.1. The van der Waals surface area contributed by atoms with Crippen LogP contribution >= 0.6 is 0 Å². The van der Waals surface area contributed by atoms with Crippen LogP contribution in [0.3, 0.4) is 0 Å². The number of unbranched alkanes of at least 4 members (excludes halogenated alkanes) is 10. The van der Waals surface area contributed by atoms with Crippen LogP contribution in [0.15, 0.2) is 12.1 Å². The molecule has 0 aliphatic heterocycles. The van der Waals surface area contributed by atoms with Crippen molar-refractivity contribution < 1.29 is 28.9 Å². The van der Waals surface area contributed by atoms with Crippen LogP contribution in [-0.2, 0) is 20.7 Å². The Hall–Kier alpha value is -2.24. The van der Waals surface area contributed by atoms with Crippen LogP contribution in [0.2, 0.25) is 0 Å². The van der Waals surface area contributed by atoms with Crippen LogP contribution in [0.1, 0.15) is 103 Å². The molecule has 1 aromatic rings. The van der Waals surface area contributed by atoms with E-state index in [-0.39, 0.29) is 29.3 Å². The lowest BCUT2D eigenvalue weighted by Crippen LogP contribution is -2.20. The molecular weight excluding hydrogens is 408 g/mol. The Kier molecular flexibility index (Phi) is 14.2. The van der Waals surface area contributed by atoms with Gasteiger partial charge in [0.2, 0.25) is 0 Å². The van der Waals surface area contributed by atoms with Crippen molar-refractivity contribution in [2.24, 2.45) is 0 Å². The fourth-order valence-electron chi connectivity index (χ4n) is 3.93. The van der Waals surface area contributed by atoms with E-state index in [4.69, 9.17) is 14.2 Å². The van der Waals surface area contributed by atoms with Gasteiger partial charge in [0.25, 0.3) is 0 Å². The second-order valence-electron chi connectivity index (χ2n) is 8.49. The van der Waals surface area contributed by atoms with Crippen molar-refractivity contribution in [2.75, 3.05) is 7.11 Å². The van der Waals surface area contributed by atoms with Crippen molar-refractivity contribution in [3.63, 3.8) is 0 Å². The lowest BCUT2D eigenvalue weighted by Gasteiger charge is -2.20. The molecule has 6 heteroatoms. The highest BCUT2D eigenvalue weighted by Gasteiger charge is 2.20. The first kappa shape index (κ1) is 27.8. The van der Waals surface area contributed by atoms with Crippen molar-refractivity contribution in [1.82, 2.24) is 0 Å². The molecule has 0 heterocycles. The summed E-state index contributed by atoms with van der Waals surface area (Å²) in [6.07, 6.45) is 14.5. The molecule has 32 heavy (non-hydrogen) atoms. The molecule has 1 N–H and O–H groups in total. The van der Waals surface area contributed by atoms with Crippen molar-refractivity contribution in [3.05, 3.63) is 17.7 Å². The third-order valence-corrected chi connectivity index (χ3v) is 5.49. The molecule has 0 saturated heterocycles. The van der Waals surface area contributed by atoms with E-state index in [0.717, 1.165) is 12.8 Å². The third-order valence-electron chi connectivity index (χ3n) is 5.49. The molecule has 0 amide bonds. The molecule has 1 rings (SSSR count). The number of rotatable bonds is 17. The van der Waals surface area contributed by atoms with Crippen molar-refractivity contribution in [3.8, 4) is 17.2 Å². The second-order valence-corrected chi connectivity index (χ2v) is 8.49. The van der Waals surface area contributed by atoms with Crippen LogP contribution in [0.25, 0.3) is 0 Å². The van der Waals surface area contributed by atoms with Crippen LogP contribution in [0.4, 0.5) is 0 Å². The molecule has 0 fully saturated rings. The smallest absolute Gasteiger partial charge is 0.308 e. The number of phenols is 1. The maximum atomic E-state index is 11.6. The standard InChI is InChI=1S/C26H42O6/c1-5-6-7-8-9-10-11-12-13-14-15-16-24(31-20(2)27)18-22-17-23(29)19-25(30-4)26(22)32-21(3)28/h17,19,24,29H,5-16,18H2,1-4H3/t24-/m1/s1. The summed E-state index contributed by atoms with van der Waals surface area (Å²) >= 11 is 0. The van der Waals surface area contributed by atoms with Gasteiger partial charge in [0.05, 0.1) is 7.11 Å². The molecule has 0 radical (unpaired) electrons. The number of phenolic OH excluding ortho intramolecular Hbond substituents is 1. The molecule has 0 spiro atoms. The summed E-state index contributed by atoms with van der Waals surface area (Å²) in [7, 11) is 1.44. The van der Waals surface area contributed by atoms with Crippen molar-refractivity contribution in [2.45, 2.75) is 110 Å². The molecule has 0 saturated carbocycles. The van der Waals surface area contributed by atoms with Gasteiger partial charge in [-0.1, -0.05) is 71.1 Å². The van der Waals surface area contributed by atoms with E-state index in [2.05, 4.69) is 6.92 Å². The zero-order valence-corrected chi connectivity index (χ0v) is 20.4. The van der Waals surface area contributed by atoms with Gasteiger partial charge in [-0.15, -0.1) is 0 Å². The minimum atomic E-state index is -0.482. The number of aromatic hydroxyl groups is 1. The van der Waals surface area contributed by atoms with Crippen LogP contribution < -0.4 is 9.47 Å². The molecular formula is C26H42O6. The first-order valence-corrected chi connectivity index (χ1v) is 12.1. The van der Waals surface area contributed by atoms with E-state index in [1.165, 1.54) is 90.9 Å². The minimum Gasteiger partial charge on any atom is -0.508 e. The molecule has 0 aliphatic rings. The summed E-state index contributed by atoms with van der Waals surface area (Å²) in [6, 6.07) is 2.92. The Bertz CT molecular complexity index is 685. The second kappa shape index (κ2) is 16.4. The SMILES string of the molecule is CCCCCCCCCCCCC[C@H](Cc1cc(O)cc(OC)c1OC(C)=O)OC(C)=O. The largest absolute Gasteiger partial charge is 0.508 e. The zero-order valence-electron chi connectivity index (χ0n) is 20.4. The van der Waals surface area contributed by atoms with Crippen LogP contribution in [-0.4, -0.2) is 30.3 Å². The Morgan fingerprint density at radius 3 is 1.94 bits per heavy atom.